The van der Waals surface area contributed by atoms with Crippen LogP contribution in [0.15, 0.2) is 18.2 Å². The number of para-hydroxylation sites is 1. The van der Waals surface area contributed by atoms with Crippen LogP contribution in [0.4, 0.5) is 5.69 Å². The van der Waals surface area contributed by atoms with Crippen LogP contribution in [0.2, 0.25) is 0 Å². The van der Waals surface area contributed by atoms with Gasteiger partial charge in [0.25, 0.3) is 5.91 Å². The molecule has 0 saturated carbocycles. The highest BCUT2D eigenvalue weighted by molar-refractivity contribution is 6.01. The average Bonchev–Trinajstić information content (AvgIpc) is 2.67. The van der Waals surface area contributed by atoms with Gasteiger partial charge in [0.15, 0.2) is 11.8 Å². The van der Waals surface area contributed by atoms with Gasteiger partial charge in [0, 0.05) is 0 Å². The predicted molar refractivity (Wildman–Crippen MR) is 95.3 cm³/mol. The van der Waals surface area contributed by atoms with Crippen molar-refractivity contribution in [1.29, 1.82) is 0 Å². The van der Waals surface area contributed by atoms with Crippen LogP contribution in [-0.4, -0.2) is 58.8 Å². The van der Waals surface area contributed by atoms with E-state index in [1.807, 2.05) is 0 Å². The molecule has 0 radical (unpaired) electrons. The van der Waals surface area contributed by atoms with E-state index in [-0.39, 0.29) is 11.3 Å². The lowest BCUT2D eigenvalue weighted by Gasteiger charge is -2.24. The second-order valence-electron chi connectivity index (χ2n) is 6.48. The molecular formula is C18H22N2O8. The molecule has 1 saturated heterocycles. The van der Waals surface area contributed by atoms with Crippen LogP contribution in [0.25, 0.3) is 0 Å². The monoisotopic (exact) mass is 394 g/mol. The number of carbonyl (C=O) groups excluding carboxylic acids is 4. The molecule has 1 aromatic carbocycles. The largest absolute Gasteiger partial charge is 0.505 e. The normalized spacial score (nSPS) is 28.1. The van der Waals surface area contributed by atoms with E-state index in [2.05, 4.69) is 10.6 Å². The molecule has 0 aliphatic carbocycles. The number of aliphatic hydroxyl groups is 1. The molecule has 10 nitrogen and oxygen atoms in total. The van der Waals surface area contributed by atoms with Gasteiger partial charge >= 0.3 is 11.9 Å². The van der Waals surface area contributed by atoms with Gasteiger partial charge in [0.05, 0.1) is 17.2 Å². The third-order valence-corrected chi connectivity index (χ3v) is 4.47. The molecule has 0 bridgehead atoms. The predicted octanol–water partition coefficient (Wildman–Crippen LogP) is -0.0671. The molecule has 10 heteroatoms. The molecule has 4 N–H and O–H groups in total. The molecule has 1 fully saturated rings. The number of carbonyl (C=O) groups is 4. The summed E-state index contributed by atoms with van der Waals surface area (Å²) in [4.78, 5) is 47.7. The molecule has 1 aromatic rings. The minimum absolute atomic E-state index is 0.00439. The Labute approximate surface area is 160 Å². The van der Waals surface area contributed by atoms with Gasteiger partial charge in [-0.25, -0.2) is 4.79 Å². The molecular weight excluding hydrogens is 372 g/mol. The second-order valence-corrected chi connectivity index (χ2v) is 6.48. The number of cyclic esters (lactones) is 2. The van der Waals surface area contributed by atoms with Crippen molar-refractivity contribution in [3.8, 4) is 5.75 Å². The van der Waals surface area contributed by atoms with E-state index in [0.29, 0.717) is 6.41 Å². The zero-order valence-corrected chi connectivity index (χ0v) is 15.5. The van der Waals surface area contributed by atoms with Crippen molar-refractivity contribution < 1.29 is 38.9 Å². The summed E-state index contributed by atoms with van der Waals surface area (Å²) in [6.07, 6.45) is -3.04. The van der Waals surface area contributed by atoms with E-state index in [9.17, 15) is 29.4 Å². The summed E-state index contributed by atoms with van der Waals surface area (Å²) in [6, 6.07) is 2.71. The van der Waals surface area contributed by atoms with E-state index in [4.69, 9.17) is 9.47 Å². The van der Waals surface area contributed by atoms with Crippen LogP contribution in [-0.2, 0) is 23.9 Å². The van der Waals surface area contributed by atoms with Crippen LogP contribution in [0, 0.1) is 5.92 Å². The first-order valence-corrected chi connectivity index (χ1v) is 8.59. The quantitative estimate of drug-likeness (QED) is 0.315. The van der Waals surface area contributed by atoms with Crippen molar-refractivity contribution in [2.45, 2.75) is 45.1 Å². The number of aliphatic hydroxyl groups excluding tert-OH is 1. The molecule has 2 amide bonds. The number of hydrogen-bond acceptors (Lipinski definition) is 8. The zero-order valence-electron chi connectivity index (χ0n) is 15.5. The van der Waals surface area contributed by atoms with Gasteiger partial charge in [-0.15, -0.1) is 0 Å². The second kappa shape index (κ2) is 8.70. The van der Waals surface area contributed by atoms with Gasteiger partial charge in [-0.2, -0.15) is 0 Å². The lowest BCUT2D eigenvalue weighted by atomic mass is 10.0. The van der Waals surface area contributed by atoms with Crippen molar-refractivity contribution >= 4 is 29.9 Å². The van der Waals surface area contributed by atoms with E-state index in [1.54, 1.807) is 0 Å². The molecule has 1 aliphatic heterocycles. The Morgan fingerprint density at radius 2 is 1.75 bits per heavy atom. The van der Waals surface area contributed by atoms with Crippen LogP contribution in [0.3, 0.4) is 0 Å². The van der Waals surface area contributed by atoms with Crippen LogP contribution >= 0.6 is 0 Å². The Morgan fingerprint density at radius 1 is 1.11 bits per heavy atom. The highest BCUT2D eigenvalue weighted by Crippen LogP contribution is 2.27. The minimum Gasteiger partial charge on any atom is -0.505 e. The Kier molecular flexibility index (Phi) is 6.57. The Bertz CT molecular complexity index is 781. The Morgan fingerprint density at radius 3 is 2.39 bits per heavy atom. The summed E-state index contributed by atoms with van der Waals surface area (Å²) in [6.45, 7) is 4.25. The summed E-state index contributed by atoms with van der Waals surface area (Å²) in [5.41, 5.74) is -0.204. The number of hydrogen-bond donors (Lipinski definition) is 4. The fraction of sp³-hybridized carbons (Fsp3) is 0.444. The number of rotatable bonds is 4. The maximum absolute atomic E-state index is 12.6. The van der Waals surface area contributed by atoms with E-state index >= 15 is 0 Å². The van der Waals surface area contributed by atoms with Crippen LogP contribution < -0.4 is 10.6 Å². The van der Waals surface area contributed by atoms with Gasteiger partial charge in [-0.3, -0.25) is 14.4 Å². The third kappa shape index (κ3) is 4.39. The topological polar surface area (TPSA) is 151 Å². The number of phenols is 1. The number of phenolic OH excluding ortho intramolecular Hbond substituents is 1. The van der Waals surface area contributed by atoms with Crippen LogP contribution in [0.1, 0.15) is 31.1 Å². The number of nitrogens with one attached hydrogen (secondary N) is 2. The average molecular weight is 394 g/mol. The SMILES string of the molecule is CC1OC(=O)C(C)C(O)C(C)OC(=O)C1NC(=O)c1cccc(NC=O)c1O. The number of ether oxygens (including phenoxy) is 2. The fourth-order valence-corrected chi connectivity index (χ4v) is 2.72. The van der Waals surface area contributed by atoms with Crippen molar-refractivity contribution in [2.24, 2.45) is 5.92 Å². The summed E-state index contributed by atoms with van der Waals surface area (Å²) < 4.78 is 10.3. The van der Waals surface area contributed by atoms with E-state index in [0.717, 1.165) is 0 Å². The number of aromatic hydroxyl groups is 1. The highest BCUT2D eigenvalue weighted by atomic mass is 16.6. The number of esters is 2. The first-order valence-electron chi connectivity index (χ1n) is 8.59. The van der Waals surface area contributed by atoms with Crippen molar-refractivity contribution in [2.75, 3.05) is 5.32 Å². The van der Waals surface area contributed by atoms with Crippen LogP contribution in [0.5, 0.6) is 5.75 Å². The number of benzene rings is 1. The lowest BCUT2D eigenvalue weighted by Crippen LogP contribution is -2.50. The molecule has 0 aromatic heterocycles. The third-order valence-electron chi connectivity index (χ3n) is 4.47. The lowest BCUT2D eigenvalue weighted by molar-refractivity contribution is -0.158. The Balaban J connectivity index is 2.28. The molecule has 152 valence electrons. The van der Waals surface area contributed by atoms with Gasteiger partial charge < -0.3 is 30.3 Å². The Hall–Kier alpha value is -3.14. The minimum atomic E-state index is -1.38. The highest BCUT2D eigenvalue weighted by Gasteiger charge is 2.39. The number of amides is 2. The summed E-state index contributed by atoms with van der Waals surface area (Å²) in [5.74, 6) is -3.93. The van der Waals surface area contributed by atoms with E-state index < -0.39 is 53.9 Å². The standard InChI is InChI=1S/C18H22N2O8/c1-8-14(22)10(3)28-18(26)13(9(2)27-17(8)25)20-16(24)11-5-4-6-12(15(11)23)19-7-21/h4-10,13-14,22-23H,1-3H3,(H,19,21)(H,20,24). The van der Waals surface area contributed by atoms with Gasteiger partial charge in [0.1, 0.15) is 18.3 Å². The first-order chi connectivity index (χ1) is 13.2. The van der Waals surface area contributed by atoms with Crippen molar-refractivity contribution in [1.82, 2.24) is 5.32 Å². The summed E-state index contributed by atoms with van der Waals surface area (Å²) in [7, 11) is 0. The van der Waals surface area contributed by atoms with Gasteiger partial charge in [-0.1, -0.05) is 6.07 Å². The van der Waals surface area contributed by atoms with Crippen molar-refractivity contribution in [3.05, 3.63) is 23.8 Å². The van der Waals surface area contributed by atoms with Gasteiger partial charge in [-0.05, 0) is 32.9 Å². The maximum Gasteiger partial charge on any atom is 0.332 e. The summed E-state index contributed by atoms with van der Waals surface area (Å²) in [5, 5.41) is 24.8. The molecule has 1 heterocycles. The number of anilines is 1. The molecule has 28 heavy (non-hydrogen) atoms. The molecule has 1 aliphatic rings. The smallest absolute Gasteiger partial charge is 0.332 e. The molecule has 0 spiro atoms. The summed E-state index contributed by atoms with van der Waals surface area (Å²) >= 11 is 0. The van der Waals surface area contributed by atoms with Crippen molar-refractivity contribution in [3.63, 3.8) is 0 Å². The van der Waals surface area contributed by atoms with E-state index in [1.165, 1.54) is 39.0 Å². The zero-order chi connectivity index (χ0) is 21.0. The molecule has 5 unspecified atom stereocenters. The molecule has 5 atom stereocenters. The molecule has 2 rings (SSSR count). The fourth-order valence-electron chi connectivity index (χ4n) is 2.72. The maximum atomic E-state index is 12.6. The first kappa shape index (κ1) is 21.2. The van der Waals surface area contributed by atoms with Gasteiger partial charge in [0.2, 0.25) is 6.41 Å².